The highest BCUT2D eigenvalue weighted by atomic mass is 32.2. The zero-order valence-corrected chi connectivity index (χ0v) is 16.5. The molecule has 3 rings (SSSR count). The molecule has 0 atom stereocenters. The van der Waals surface area contributed by atoms with Crippen LogP contribution in [0.2, 0.25) is 0 Å². The zero-order chi connectivity index (χ0) is 18.9. The summed E-state index contributed by atoms with van der Waals surface area (Å²) in [6.45, 7) is 0. The topological polar surface area (TPSA) is 34.1 Å². The number of rotatable bonds is 6. The van der Waals surface area contributed by atoms with Crippen LogP contribution in [-0.4, -0.2) is 23.1 Å². The van der Waals surface area contributed by atoms with Crippen molar-refractivity contribution in [1.29, 1.82) is 0 Å². The van der Waals surface area contributed by atoms with Gasteiger partial charge in [-0.15, -0.1) is 23.5 Å². The standard InChI is InChI=1S/C23H20O2S2/c24-20(14-12-18-8-3-1-4-9-18)22(23-26-16-7-17-27-23)21(25)15-13-19-10-5-2-6-11-19/h1-6,8-15H,7,16-17H2. The number of ketones is 2. The van der Waals surface area contributed by atoms with Gasteiger partial charge in [-0.05, 0) is 41.2 Å². The van der Waals surface area contributed by atoms with Crippen LogP contribution in [0.15, 0.2) is 82.6 Å². The molecule has 2 aromatic carbocycles. The molecule has 1 aliphatic rings. The first-order valence-electron chi connectivity index (χ1n) is 8.79. The maximum Gasteiger partial charge on any atom is 0.191 e. The molecule has 2 aromatic rings. The molecule has 0 aromatic heterocycles. The third-order valence-corrected chi connectivity index (χ3v) is 6.53. The van der Waals surface area contributed by atoms with Gasteiger partial charge in [0.2, 0.25) is 0 Å². The summed E-state index contributed by atoms with van der Waals surface area (Å²) in [7, 11) is 0. The molecule has 0 aliphatic carbocycles. The Kier molecular flexibility index (Phi) is 7.31. The van der Waals surface area contributed by atoms with Crippen LogP contribution in [0.25, 0.3) is 12.2 Å². The summed E-state index contributed by atoms with van der Waals surface area (Å²) in [6, 6.07) is 19.3. The fourth-order valence-corrected chi connectivity index (χ4v) is 5.19. The number of hydrogen-bond acceptors (Lipinski definition) is 4. The summed E-state index contributed by atoms with van der Waals surface area (Å²) in [5.41, 5.74) is 2.15. The molecule has 0 bridgehead atoms. The molecule has 0 amide bonds. The fourth-order valence-electron chi connectivity index (χ4n) is 2.54. The van der Waals surface area contributed by atoms with Gasteiger partial charge in [0.25, 0.3) is 0 Å². The quantitative estimate of drug-likeness (QED) is 0.362. The smallest absolute Gasteiger partial charge is 0.191 e. The highest BCUT2D eigenvalue weighted by Gasteiger charge is 2.22. The van der Waals surface area contributed by atoms with E-state index in [4.69, 9.17) is 0 Å². The summed E-state index contributed by atoms with van der Waals surface area (Å²) in [6.07, 6.45) is 7.61. The van der Waals surface area contributed by atoms with Gasteiger partial charge in [0.1, 0.15) is 0 Å². The highest BCUT2D eigenvalue weighted by molar-refractivity contribution is 8.22. The number of carbonyl (C=O) groups excluding carboxylic acids is 2. The Morgan fingerprint density at radius 1 is 0.704 bits per heavy atom. The first-order chi connectivity index (χ1) is 13.2. The molecule has 0 spiro atoms. The lowest BCUT2D eigenvalue weighted by Crippen LogP contribution is -2.12. The van der Waals surface area contributed by atoms with Gasteiger partial charge < -0.3 is 0 Å². The van der Waals surface area contributed by atoms with Gasteiger partial charge in [-0.3, -0.25) is 9.59 Å². The SMILES string of the molecule is O=C(C=Cc1ccccc1)C(C(=O)C=Cc1ccccc1)=C1SCCCS1. The van der Waals surface area contributed by atoms with Crippen LogP contribution in [0.4, 0.5) is 0 Å². The number of carbonyl (C=O) groups is 2. The average molecular weight is 393 g/mol. The first kappa shape index (κ1) is 19.5. The lowest BCUT2D eigenvalue weighted by molar-refractivity contribution is -0.116. The summed E-state index contributed by atoms with van der Waals surface area (Å²) < 4.78 is 0.840. The largest absolute Gasteiger partial charge is 0.289 e. The van der Waals surface area contributed by atoms with Crippen LogP contribution in [0.1, 0.15) is 17.5 Å². The Hall–Kier alpha value is -2.30. The van der Waals surface area contributed by atoms with E-state index in [9.17, 15) is 9.59 Å². The van der Waals surface area contributed by atoms with Crippen molar-refractivity contribution in [1.82, 2.24) is 0 Å². The van der Waals surface area contributed by atoms with Crippen LogP contribution in [0.5, 0.6) is 0 Å². The van der Waals surface area contributed by atoms with Crippen LogP contribution in [0.3, 0.4) is 0 Å². The van der Waals surface area contributed by atoms with Crippen molar-refractivity contribution < 1.29 is 9.59 Å². The molecule has 2 nitrogen and oxygen atoms in total. The van der Waals surface area contributed by atoms with Gasteiger partial charge in [-0.25, -0.2) is 0 Å². The van der Waals surface area contributed by atoms with Crippen LogP contribution in [0, 0.1) is 0 Å². The minimum atomic E-state index is -0.238. The van der Waals surface area contributed by atoms with Gasteiger partial charge in [0.05, 0.1) is 9.81 Å². The van der Waals surface area contributed by atoms with E-state index in [-0.39, 0.29) is 17.1 Å². The molecule has 0 radical (unpaired) electrons. The van der Waals surface area contributed by atoms with Crippen LogP contribution in [-0.2, 0) is 9.59 Å². The van der Waals surface area contributed by atoms with E-state index in [2.05, 4.69) is 0 Å². The van der Waals surface area contributed by atoms with Gasteiger partial charge in [-0.1, -0.05) is 72.8 Å². The molecule has 1 saturated heterocycles. The molecular weight excluding hydrogens is 372 g/mol. The Morgan fingerprint density at radius 3 is 1.59 bits per heavy atom. The van der Waals surface area contributed by atoms with Crippen molar-refractivity contribution in [3.05, 3.63) is 93.8 Å². The minimum absolute atomic E-state index is 0.238. The molecule has 27 heavy (non-hydrogen) atoms. The Bertz CT molecular complexity index is 810. The molecule has 1 heterocycles. The predicted octanol–water partition coefficient (Wildman–Crippen LogP) is 5.63. The molecule has 136 valence electrons. The Morgan fingerprint density at radius 2 is 1.15 bits per heavy atom. The van der Waals surface area contributed by atoms with Crippen molar-refractivity contribution in [3.63, 3.8) is 0 Å². The van der Waals surface area contributed by atoms with Gasteiger partial charge >= 0.3 is 0 Å². The van der Waals surface area contributed by atoms with Crippen LogP contribution < -0.4 is 0 Å². The summed E-state index contributed by atoms with van der Waals surface area (Å²) in [5, 5.41) is 0. The summed E-state index contributed by atoms with van der Waals surface area (Å²) in [4.78, 5) is 25.7. The van der Waals surface area contributed by atoms with Gasteiger partial charge in [-0.2, -0.15) is 0 Å². The van der Waals surface area contributed by atoms with E-state index in [0.29, 0.717) is 0 Å². The number of benzene rings is 2. The third kappa shape index (κ3) is 5.84. The van der Waals surface area contributed by atoms with E-state index in [1.807, 2.05) is 60.7 Å². The molecule has 0 unspecified atom stereocenters. The maximum absolute atomic E-state index is 12.8. The normalized spacial score (nSPS) is 14.6. The van der Waals surface area contributed by atoms with E-state index < -0.39 is 0 Å². The average Bonchev–Trinajstić information content (AvgIpc) is 2.73. The summed E-state index contributed by atoms with van der Waals surface area (Å²) in [5.74, 6) is 1.41. The number of hydrogen-bond donors (Lipinski definition) is 0. The molecule has 4 heteroatoms. The minimum Gasteiger partial charge on any atom is -0.289 e. The fraction of sp³-hybridized carbons (Fsp3) is 0.130. The van der Waals surface area contributed by atoms with Crippen LogP contribution >= 0.6 is 23.5 Å². The second-order valence-electron chi connectivity index (χ2n) is 5.93. The number of thioether (sulfide) groups is 2. The van der Waals surface area contributed by atoms with E-state index >= 15 is 0 Å². The number of allylic oxidation sites excluding steroid dienone is 3. The van der Waals surface area contributed by atoms with Crippen molar-refractivity contribution >= 4 is 47.2 Å². The van der Waals surface area contributed by atoms with Gasteiger partial charge in [0.15, 0.2) is 11.6 Å². The lowest BCUT2D eigenvalue weighted by Gasteiger charge is -2.15. The molecule has 0 N–H and O–H groups in total. The van der Waals surface area contributed by atoms with Crippen molar-refractivity contribution in [2.75, 3.05) is 11.5 Å². The van der Waals surface area contributed by atoms with Gasteiger partial charge in [0, 0.05) is 0 Å². The Balaban J connectivity index is 1.85. The zero-order valence-electron chi connectivity index (χ0n) is 14.8. The Labute approximate surface area is 168 Å². The van der Waals surface area contributed by atoms with E-state index in [1.165, 1.54) is 12.2 Å². The molecule has 0 saturated carbocycles. The van der Waals surface area contributed by atoms with E-state index in [1.54, 1.807) is 35.7 Å². The molecule has 1 fully saturated rings. The first-order valence-corrected chi connectivity index (χ1v) is 10.8. The summed E-state index contributed by atoms with van der Waals surface area (Å²) >= 11 is 3.21. The molecule has 1 aliphatic heterocycles. The van der Waals surface area contributed by atoms with Crippen molar-refractivity contribution in [3.8, 4) is 0 Å². The highest BCUT2D eigenvalue weighted by Crippen LogP contribution is 2.38. The predicted molar refractivity (Wildman–Crippen MR) is 118 cm³/mol. The monoisotopic (exact) mass is 392 g/mol. The maximum atomic E-state index is 12.8. The van der Waals surface area contributed by atoms with Crippen molar-refractivity contribution in [2.45, 2.75) is 6.42 Å². The molecular formula is C23H20O2S2. The third-order valence-electron chi connectivity index (χ3n) is 3.91. The second kappa shape index (κ2) is 10.1. The van der Waals surface area contributed by atoms with Crippen molar-refractivity contribution in [2.24, 2.45) is 0 Å². The lowest BCUT2D eigenvalue weighted by atomic mass is 10.1. The second-order valence-corrected chi connectivity index (χ2v) is 8.40. The van der Waals surface area contributed by atoms with E-state index in [0.717, 1.165) is 33.3 Å².